The zero-order valence-corrected chi connectivity index (χ0v) is 12.9. The Morgan fingerprint density at radius 2 is 1.91 bits per heavy atom. The summed E-state index contributed by atoms with van der Waals surface area (Å²) in [6.07, 6.45) is 2.17. The molecule has 2 aromatic carbocycles. The molecule has 1 aliphatic heterocycles. The number of carbonyl (C=O) groups excluding carboxylic acids is 1. The summed E-state index contributed by atoms with van der Waals surface area (Å²) in [7, 11) is 0. The molecule has 0 aliphatic carbocycles. The van der Waals surface area contributed by atoms with Crippen molar-refractivity contribution in [1.29, 1.82) is 5.26 Å². The first-order valence-corrected chi connectivity index (χ1v) is 7.86. The number of benzene rings is 2. The van der Waals surface area contributed by atoms with Gasteiger partial charge < -0.3 is 5.32 Å². The quantitative estimate of drug-likeness (QED) is 0.942. The molecule has 1 unspecified atom stereocenters. The van der Waals surface area contributed by atoms with Crippen LogP contribution in [0.15, 0.2) is 54.6 Å². The fraction of sp³-hybridized carbons (Fsp3) is 0.263. The lowest BCUT2D eigenvalue weighted by Crippen LogP contribution is -2.33. The lowest BCUT2D eigenvalue weighted by Gasteiger charge is -2.24. The van der Waals surface area contributed by atoms with Crippen LogP contribution in [0.5, 0.6) is 0 Å². The van der Waals surface area contributed by atoms with E-state index < -0.39 is 0 Å². The molecule has 0 bridgehead atoms. The van der Waals surface area contributed by atoms with Crippen LogP contribution < -0.4 is 5.32 Å². The molecule has 1 heterocycles. The van der Waals surface area contributed by atoms with E-state index in [0.717, 1.165) is 19.4 Å². The molecule has 4 nitrogen and oxygen atoms in total. The Bertz CT molecular complexity index is 721. The molecule has 0 saturated carbocycles. The molecule has 4 heteroatoms. The lowest BCUT2D eigenvalue weighted by molar-refractivity contribution is -0.117. The number of likely N-dealkylation sites (tertiary alicyclic amines) is 1. The van der Waals surface area contributed by atoms with Crippen molar-refractivity contribution < 1.29 is 4.79 Å². The molecule has 23 heavy (non-hydrogen) atoms. The average Bonchev–Trinajstić information content (AvgIpc) is 3.04. The maximum Gasteiger partial charge on any atom is 0.238 e. The molecule has 0 aromatic heterocycles. The molecule has 1 saturated heterocycles. The highest BCUT2D eigenvalue weighted by molar-refractivity contribution is 5.93. The Hall–Kier alpha value is -2.64. The van der Waals surface area contributed by atoms with E-state index in [1.807, 2.05) is 24.3 Å². The molecule has 3 rings (SSSR count). The highest BCUT2D eigenvalue weighted by Gasteiger charge is 2.27. The van der Waals surface area contributed by atoms with E-state index in [0.29, 0.717) is 23.8 Å². The molecule has 1 atom stereocenters. The molecule has 0 radical (unpaired) electrons. The van der Waals surface area contributed by atoms with E-state index in [2.05, 4.69) is 28.4 Å². The van der Waals surface area contributed by atoms with Gasteiger partial charge in [0.1, 0.15) is 6.07 Å². The summed E-state index contributed by atoms with van der Waals surface area (Å²) in [5.74, 6) is -0.0736. The van der Waals surface area contributed by atoms with Gasteiger partial charge in [0.15, 0.2) is 0 Å². The fourth-order valence-electron chi connectivity index (χ4n) is 3.13. The Morgan fingerprint density at radius 3 is 2.70 bits per heavy atom. The van der Waals surface area contributed by atoms with Crippen molar-refractivity contribution in [2.24, 2.45) is 0 Å². The molecule has 1 N–H and O–H groups in total. The zero-order valence-electron chi connectivity index (χ0n) is 12.9. The Morgan fingerprint density at radius 1 is 1.17 bits per heavy atom. The van der Waals surface area contributed by atoms with Crippen LogP contribution in [-0.2, 0) is 4.79 Å². The van der Waals surface area contributed by atoms with Gasteiger partial charge in [-0.3, -0.25) is 9.69 Å². The van der Waals surface area contributed by atoms with Gasteiger partial charge >= 0.3 is 0 Å². The molecule has 1 aliphatic rings. The first-order valence-electron chi connectivity index (χ1n) is 7.86. The van der Waals surface area contributed by atoms with Crippen LogP contribution in [0.3, 0.4) is 0 Å². The summed E-state index contributed by atoms with van der Waals surface area (Å²) in [5, 5.41) is 12.0. The monoisotopic (exact) mass is 305 g/mol. The third-order valence-corrected chi connectivity index (χ3v) is 4.22. The van der Waals surface area contributed by atoms with Gasteiger partial charge in [-0.15, -0.1) is 0 Å². The number of rotatable bonds is 4. The lowest BCUT2D eigenvalue weighted by atomic mass is 10.0. The maximum absolute atomic E-state index is 12.4. The molecule has 2 aromatic rings. The van der Waals surface area contributed by atoms with Crippen LogP contribution in [0.2, 0.25) is 0 Å². The van der Waals surface area contributed by atoms with Gasteiger partial charge in [0.2, 0.25) is 5.91 Å². The summed E-state index contributed by atoms with van der Waals surface area (Å²) in [4.78, 5) is 14.6. The number of amides is 1. The predicted molar refractivity (Wildman–Crippen MR) is 89.8 cm³/mol. The minimum absolute atomic E-state index is 0.0736. The summed E-state index contributed by atoms with van der Waals surface area (Å²) in [5.41, 5.74) is 2.33. The van der Waals surface area contributed by atoms with E-state index in [1.165, 1.54) is 5.56 Å². The SMILES string of the molecule is N#Cc1ccccc1NC(=O)CN1CCCC1c1ccccc1. The normalized spacial score (nSPS) is 17.6. The van der Waals surface area contributed by atoms with E-state index in [1.54, 1.807) is 18.2 Å². The van der Waals surface area contributed by atoms with Gasteiger partial charge in [-0.2, -0.15) is 5.26 Å². The number of hydrogen-bond donors (Lipinski definition) is 1. The summed E-state index contributed by atoms with van der Waals surface area (Å²) < 4.78 is 0. The van der Waals surface area contributed by atoms with Crippen molar-refractivity contribution in [3.63, 3.8) is 0 Å². The topological polar surface area (TPSA) is 56.1 Å². The second-order valence-corrected chi connectivity index (χ2v) is 5.74. The van der Waals surface area contributed by atoms with Crippen molar-refractivity contribution in [2.75, 3.05) is 18.4 Å². The minimum atomic E-state index is -0.0736. The van der Waals surface area contributed by atoms with Crippen molar-refractivity contribution >= 4 is 11.6 Å². The Kier molecular flexibility index (Phi) is 4.70. The van der Waals surface area contributed by atoms with Crippen LogP contribution in [-0.4, -0.2) is 23.9 Å². The molecular formula is C19H19N3O. The predicted octanol–water partition coefficient (Wildman–Crippen LogP) is 3.33. The Labute approximate surface area is 136 Å². The Balaban J connectivity index is 1.67. The van der Waals surface area contributed by atoms with Crippen molar-refractivity contribution in [1.82, 2.24) is 4.90 Å². The smallest absolute Gasteiger partial charge is 0.238 e. The second-order valence-electron chi connectivity index (χ2n) is 5.74. The van der Waals surface area contributed by atoms with E-state index in [4.69, 9.17) is 5.26 Å². The molecular weight excluding hydrogens is 286 g/mol. The number of para-hydroxylation sites is 1. The number of anilines is 1. The number of nitrogens with one attached hydrogen (secondary N) is 1. The maximum atomic E-state index is 12.4. The van der Waals surface area contributed by atoms with Gasteiger partial charge in [-0.05, 0) is 37.1 Å². The van der Waals surface area contributed by atoms with Gasteiger partial charge in [0.25, 0.3) is 0 Å². The van der Waals surface area contributed by atoms with Crippen LogP contribution in [0.1, 0.15) is 30.0 Å². The number of carbonyl (C=O) groups is 1. The number of nitrogens with zero attached hydrogens (tertiary/aromatic N) is 2. The number of hydrogen-bond acceptors (Lipinski definition) is 3. The highest BCUT2D eigenvalue weighted by Crippen LogP contribution is 2.31. The van der Waals surface area contributed by atoms with Crippen LogP contribution in [0.25, 0.3) is 0 Å². The van der Waals surface area contributed by atoms with E-state index >= 15 is 0 Å². The standard InChI is InChI=1S/C19H19N3O/c20-13-16-9-4-5-10-17(16)21-19(23)14-22-12-6-11-18(22)15-7-2-1-3-8-15/h1-5,7-10,18H,6,11-12,14H2,(H,21,23). The van der Waals surface area contributed by atoms with Gasteiger partial charge in [-0.25, -0.2) is 0 Å². The van der Waals surface area contributed by atoms with Crippen molar-refractivity contribution in [3.8, 4) is 6.07 Å². The summed E-state index contributed by atoms with van der Waals surface area (Å²) in [6, 6.07) is 19.8. The largest absolute Gasteiger partial charge is 0.324 e. The van der Waals surface area contributed by atoms with Crippen molar-refractivity contribution in [2.45, 2.75) is 18.9 Å². The summed E-state index contributed by atoms with van der Waals surface area (Å²) >= 11 is 0. The first kappa shape index (κ1) is 15.3. The van der Waals surface area contributed by atoms with Gasteiger partial charge in [0.05, 0.1) is 17.8 Å². The molecule has 1 fully saturated rings. The van der Waals surface area contributed by atoms with Gasteiger partial charge in [0, 0.05) is 6.04 Å². The number of nitriles is 1. The van der Waals surface area contributed by atoms with Crippen LogP contribution in [0, 0.1) is 11.3 Å². The minimum Gasteiger partial charge on any atom is -0.324 e. The van der Waals surface area contributed by atoms with Crippen LogP contribution >= 0.6 is 0 Å². The van der Waals surface area contributed by atoms with E-state index in [9.17, 15) is 4.79 Å². The fourth-order valence-corrected chi connectivity index (χ4v) is 3.13. The van der Waals surface area contributed by atoms with Gasteiger partial charge in [-0.1, -0.05) is 42.5 Å². The third-order valence-electron chi connectivity index (χ3n) is 4.22. The third kappa shape index (κ3) is 3.58. The van der Waals surface area contributed by atoms with Crippen molar-refractivity contribution in [3.05, 3.63) is 65.7 Å². The molecule has 1 amide bonds. The first-order chi connectivity index (χ1) is 11.3. The molecule has 116 valence electrons. The highest BCUT2D eigenvalue weighted by atomic mass is 16.2. The van der Waals surface area contributed by atoms with E-state index in [-0.39, 0.29) is 5.91 Å². The second kappa shape index (κ2) is 7.08. The summed E-state index contributed by atoms with van der Waals surface area (Å²) in [6.45, 7) is 1.27. The average molecular weight is 305 g/mol. The zero-order chi connectivity index (χ0) is 16.1. The van der Waals surface area contributed by atoms with Crippen LogP contribution in [0.4, 0.5) is 5.69 Å². The molecule has 0 spiro atoms.